The maximum atomic E-state index is 11.6. The van der Waals surface area contributed by atoms with Gasteiger partial charge in [0.05, 0.1) is 5.75 Å². The summed E-state index contributed by atoms with van der Waals surface area (Å²) in [6.45, 7) is 0.0506. The molecule has 0 saturated heterocycles. The predicted molar refractivity (Wildman–Crippen MR) is 106 cm³/mol. The number of hydrogen-bond donors (Lipinski definition) is 2. The Bertz CT molecular complexity index is 923. The number of nitrogens with one attached hydrogen (secondary N) is 1. The first kappa shape index (κ1) is 18.5. The Hall–Kier alpha value is -1.33. The van der Waals surface area contributed by atoms with E-state index < -0.39 is 10.8 Å². The lowest BCUT2D eigenvalue weighted by molar-refractivity contribution is 0.282. The van der Waals surface area contributed by atoms with Crippen molar-refractivity contribution < 1.29 is 9.32 Å². The highest BCUT2D eigenvalue weighted by Gasteiger charge is 2.21. The monoisotopic (exact) mass is 395 g/mol. The number of aromatic nitrogens is 1. The molecular formula is C19H19Cl2NO2S. The van der Waals surface area contributed by atoms with Crippen molar-refractivity contribution in [1.29, 1.82) is 0 Å². The summed E-state index contributed by atoms with van der Waals surface area (Å²) in [7, 11) is -0.915. The number of aliphatic hydroxyl groups is 1. The van der Waals surface area contributed by atoms with Crippen LogP contribution in [0, 0.1) is 0 Å². The Balaban J connectivity index is 2.12. The van der Waals surface area contributed by atoms with Crippen LogP contribution < -0.4 is 0 Å². The largest absolute Gasteiger partial charge is 0.396 e. The fourth-order valence-corrected chi connectivity index (χ4v) is 4.48. The Labute approximate surface area is 159 Å². The number of H-pyrrole nitrogens is 1. The number of aromatic amines is 1. The highest BCUT2D eigenvalue weighted by atomic mass is 35.5. The zero-order chi connectivity index (χ0) is 18.0. The van der Waals surface area contributed by atoms with E-state index in [0.717, 1.165) is 27.6 Å². The third kappa shape index (κ3) is 3.93. The topological polar surface area (TPSA) is 53.1 Å². The molecule has 25 heavy (non-hydrogen) atoms. The van der Waals surface area contributed by atoms with Crippen molar-refractivity contribution in [2.24, 2.45) is 0 Å². The predicted octanol–water partition coefficient (Wildman–Crippen LogP) is 4.87. The van der Waals surface area contributed by atoms with Gasteiger partial charge >= 0.3 is 0 Å². The van der Waals surface area contributed by atoms with E-state index in [9.17, 15) is 9.32 Å². The Morgan fingerprint density at radius 1 is 1.20 bits per heavy atom. The van der Waals surface area contributed by atoms with Crippen molar-refractivity contribution in [2.75, 3.05) is 12.9 Å². The Kier molecular flexibility index (Phi) is 5.85. The molecule has 2 atom stereocenters. The van der Waals surface area contributed by atoms with E-state index >= 15 is 0 Å². The minimum absolute atomic E-state index is 0.0501. The second-order valence-corrected chi connectivity index (χ2v) is 8.31. The quantitative estimate of drug-likeness (QED) is 0.625. The van der Waals surface area contributed by atoms with E-state index in [4.69, 9.17) is 23.2 Å². The maximum Gasteiger partial charge on any atom is 0.0503 e. The first-order chi connectivity index (χ1) is 12.0. The third-order valence-electron chi connectivity index (χ3n) is 4.32. The first-order valence-corrected chi connectivity index (χ1v) is 10.4. The number of rotatable bonds is 6. The molecule has 0 bridgehead atoms. The molecule has 0 aliphatic rings. The maximum absolute atomic E-state index is 11.6. The van der Waals surface area contributed by atoms with Gasteiger partial charge in [-0.25, -0.2) is 0 Å². The number of halogens is 2. The van der Waals surface area contributed by atoms with E-state index in [1.165, 1.54) is 0 Å². The molecule has 0 spiro atoms. The van der Waals surface area contributed by atoms with E-state index in [2.05, 4.69) is 4.98 Å². The molecule has 0 fully saturated rings. The molecule has 0 saturated carbocycles. The number of hydrogen-bond acceptors (Lipinski definition) is 2. The van der Waals surface area contributed by atoms with Crippen molar-refractivity contribution in [1.82, 2.24) is 4.98 Å². The van der Waals surface area contributed by atoms with Gasteiger partial charge in [0, 0.05) is 56.7 Å². The lowest BCUT2D eigenvalue weighted by atomic mass is 9.88. The van der Waals surface area contributed by atoms with Gasteiger partial charge in [-0.05, 0) is 35.2 Å². The summed E-state index contributed by atoms with van der Waals surface area (Å²) in [6.07, 6.45) is 4.21. The molecule has 6 heteroatoms. The van der Waals surface area contributed by atoms with Crippen molar-refractivity contribution >= 4 is 44.9 Å². The van der Waals surface area contributed by atoms with Crippen LogP contribution in [0.1, 0.15) is 29.0 Å². The van der Waals surface area contributed by atoms with E-state index in [1.807, 2.05) is 36.5 Å². The molecule has 132 valence electrons. The van der Waals surface area contributed by atoms with E-state index in [-0.39, 0.29) is 12.5 Å². The van der Waals surface area contributed by atoms with Gasteiger partial charge in [-0.3, -0.25) is 4.21 Å². The second-order valence-electron chi connectivity index (χ2n) is 6.03. The molecule has 3 nitrogen and oxygen atoms in total. The summed E-state index contributed by atoms with van der Waals surface area (Å²) >= 11 is 12.4. The average Bonchev–Trinajstić information content (AvgIpc) is 2.98. The van der Waals surface area contributed by atoms with Crippen molar-refractivity contribution in [3.05, 3.63) is 69.3 Å². The van der Waals surface area contributed by atoms with Crippen LogP contribution in [0.25, 0.3) is 10.9 Å². The van der Waals surface area contributed by atoms with E-state index in [1.54, 1.807) is 12.3 Å². The summed E-state index contributed by atoms with van der Waals surface area (Å²) in [5.41, 5.74) is 4.01. The van der Waals surface area contributed by atoms with Crippen LogP contribution in [0.2, 0.25) is 10.0 Å². The molecule has 3 rings (SSSR count). The minimum atomic E-state index is -0.915. The fourth-order valence-electron chi connectivity index (χ4n) is 3.26. The van der Waals surface area contributed by atoms with Gasteiger partial charge in [-0.2, -0.15) is 0 Å². The number of benzene rings is 2. The number of fused-ring (bicyclic) bond motifs is 1. The van der Waals surface area contributed by atoms with Gasteiger partial charge in [0.15, 0.2) is 0 Å². The lowest BCUT2D eigenvalue weighted by Gasteiger charge is -2.18. The molecule has 3 aromatic rings. The molecule has 0 amide bonds. The normalized spacial score (nSPS) is 13.9. The molecule has 0 aliphatic carbocycles. The first-order valence-electron chi connectivity index (χ1n) is 7.96. The van der Waals surface area contributed by atoms with Crippen molar-refractivity contribution in [3.8, 4) is 0 Å². The molecule has 0 aliphatic heterocycles. The van der Waals surface area contributed by atoms with Crippen LogP contribution in [0.15, 0.2) is 42.6 Å². The molecule has 1 unspecified atom stereocenters. The SMILES string of the molecule is C[S@](=O)Cc1cccc2c(C(CCO)c3ccc(Cl)cc3Cl)c[nH]c12. The van der Waals surface area contributed by atoms with Crippen molar-refractivity contribution in [2.45, 2.75) is 18.1 Å². The lowest BCUT2D eigenvalue weighted by Crippen LogP contribution is -2.04. The van der Waals surface area contributed by atoms with Gasteiger partial charge in [-0.15, -0.1) is 0 Å². The number of para-hydroxylation sites is 1. The summed E-state index contributed by atoms with van der Waals surface area (Å²) in [4.78, 5) is 3.32. The molecule has 1 aromatic heterocycles. The van der Waals surface area contributed by atoms with Gasteiger partial charge in [-0.1, -0.05) is 47.5 Å². The minimum Gasteiger partial charge on any atom is -0.396 e. The zero-order valence-corrected chi connectivity index (χ0v) is 16.1. The fraction of sp³-hybridized carbons (Fsp3) is 0.263. The summed E-state index contributed by atoms with van der Waals surface area (Å²) in [6, 6.07) is 11.4. The molecule has 0 radical (unpaired) electrons. The second kappa shape index (κ2) is 7.92. The summed E-state index contributed by atoms with van der Waals surface area (Å²) in [5, 5.41) is 11.8. The third-order valence-corrected chi connectivity index (χ3v) is 5.60. The molecule has 2 aromatic carbocycles. The number of aliphatic hydroxyl groups excluding tert-OH is 1. The van der Waals surface area contributed by atoms with Crippen LogP contribution in [-0.2, 0) is 16.6 Å². The summed E-state index contributed by atoms with van der Waals surface area (Å²) in [5.74, 6) is 0.454. The summed E-state index contributed by atoms with van der Waals surface area (Å²) < 4.78 is 11.6. The Morgan fingerprint density at radius 3 is 2.68 bits per heavy atom. The highest BCUT2D eigenvalue weighted by Crippen LogP contribution is 2.38. The van der Waals surface area contributed by atoms with Gasteiger partial charge in [0.25, 0.3) is 0 Å². The van der Waals surface area contributed by atoms with E-state index in [0.29, 0.717) is 22.2 Å². The van der Waals surface area contributed by atoms with Gasteiger partial charge < -0.3 is 10.1 Å². The zero-order valence-electron chi connectivity index (χ0n) is 13.8. The van der Waals surface area contributed by atoms with Crippen LogP contribution in [0.4, 0.5) is 0 Å². The smallest absolute Gasteiger partial charge is 0.0503 e. The van der Waals surface area contributed by atoms with Gasteiger partial charge in [0.2, 0.25) is 0 Å². The van der Waals surface area contributed by atoms with Crippen molar-refractivity contribution in [3.63, 3.8) is 0 Å². The van der Waals surface area contributed by atoms with Crippen LogP contribution >= 0.6 is 23.2 Å². The van der Waals surface area contributed by atoms with Gasteiger partial charge in [0.1, 0.15) is 0 Å². The van der Waals surface area contributed by atoms with Crippen LogP contribution in [-0.4, -0.2) is 27.2 Å². The Morgan fingerprint density at radius 2 is 2.00 bits per heavy atom. The molecule has 2 N–H and O–H groups in total. The average molecular weight is 396 g/mol. The highest BCUT2D eigenvalue weighted by molar-refractivity contribution is 7.83. The standard InChI is InChI=1S/C19H19Cl2NO2S/c1-25(24)11-12-3-2-4-16-17(10-22-19(12)16)14(7-8-23)15-6-5-13(20)9-18(15)21/h2-6,9-10,14,22-23H,7-8,11H2,1H3/t14?,25-/m0/s1. The molecule has 1 heterocycles. The van der Waals surface area contributed by atoms with Crippen LogP contribution in [0.3, 0.4) is 0 Å². The molecular weight excluding hydrogens is 377 g/mol. The van der Waals surface area contributed by atoms with Crippen LogP contribution in [0.5, 0.6) is 0 Å².